The van der Waals surface area contributed by atoms with E-state index in [-0.39, 0.29) is 30.1 Å². The van der Waals surface area contributed by atoms with E-state index in [9.17, 15) is 14.4 Å². The first kappa shape index (κ1) is 35.0. The van der Waals surface area contributed by atoms with Gasteiger partial charge < -0.3 is 18.3 Å². The predicted octanol–water partition coefficient (Wildman–Crippen LogP) is 6.80. The molecule has 0 amide bonds. The number of ether oxygens (including phenoxy) is 2. The number of ketones is 1. The Bertz CT molecular complexity index is 1140. The summed E-state index contributed by atoms with van der Waals surface area (Å²) < 4.78 is 24.1. The fourth-order valence-corrected chi connectivity index (χ4v) is 7.64. The second-order valence-electron chi connectivity index (χ2n) is 13.7. The van der Waals surface area contributed by atoms with E-state index in [0.29, 0.717) is 17.6 Å². The van der Waals surface area contributed by atoms with Crippen LogP contribution < -0.4 is 0 Å². The van der Waals surface area contributed by atoms with Crippen molar-refractivity contribution in [3.05, 3.63) is 59.2 Å². The number of rotatable bonds is 14. The Balaban J connectivity index is 2.41. The molecular weight excluding hydrogens is 553 g/mol. The van der Waals surface area contributed by atoms with E-state index in [4.69, 9.17) is 18.3 Å². The second kappa shape index (κ2) is 13.4. The smallest absolute Gasteiger partial charge is 0.344 e. The van der Waals surface area contributed by atoms with E-state index in [0.717, 1.165) is 17.4 Å². The molecule has 2 rings (SSSR count). The average molecular weight is 603 g/mol. The van der Waals surface area contributed by atoms with Gasteiger partial charge >= 0.3 is 5.97 Å². The summed E-state index contributed by atoms with van der Waals surface area (Å²) in [6.07, 6.45) is 0.332. The third-order valence-corrected chi connectivity index (χ3v) is 13.7. The molecule has 0 spiro atoms. The van der Waals surface area contributed by atoms with E-state index < -0.39 is 40.1 Å². The Hall–Kier alpha value is -2.18. The van der Waals surface area contributed by atoms with Gasteiger partial charge in [0.25, 0.3) is 0 Å². The van der Waals surface area contributed by atoms with E-state index >= 15 is 0 Å². The van der Waals surface area contributed by atoms with Crippen molar-refractivity contribution in [1.82, 2.24) is 0 Å². The molecule has 41 heavy (non-hydrogen) atoms. The summed E-state index contributed by atoms with van der Waals surface area (Å²) in [4.78, 5) is 39.4. The number of aldehydes is 1. The van der Waals surface area contributed by atoms with Gasteiger partial charge in [-0.2, -0.15) is 0 Å². The summed E-state index contributed by atoms with van der Waals surface area (Å²) >= 11 is 0. The van der Waals surface area contributed by atoms with Gasteiger partial charge in [-0.25, -0.2) is 4.79 Å². The number of hydrogen-bond donors (Lipinski definition) is 0. The van der Waals surface area contributed by atoms with Crippen LogP contribution in [-0.4, -0.2) is 59.6 Å². The maximum absolute atomic E-state index is 14.1. The van der Waals surface area contributed by atoms with Gasteiger partial charge in [0, 0.05) is 17.9 Å². The van der Waals surface area contributed by atoms with Gasteiger partial charge in [-0.15, -0.1) is 0 Å². The predicted molar refractivity (Wildman–Crippen MR) is 168 cm³/mol. The molecule has 9 heteroatoms. The summed E-state index contributed by atoms with van der Waals surface area (Å²) in [5, 5.41) is 0.0151. The molecule has 0 saturated carbocycles. The van der Waals surface area contributed by atoms with Crippen LogP contribution in [0.2, 0.25) is 37.8 Å². The Morgan fingerprint density at radius 2 is 1.66 bits per heavy atom. The van der Waals surface area contributed by atoms with Crippen LogP contribution in [0.5, 0.6) is 0 Å². The molecule has 0 aliphatic heterocycles. The van der Waals surface area contributed by atoms with Crippen molar-refractivity contribution in [3.8, 4) is 0 Å². The maximum atomic E-state index is 14.1. The van der Waals surface area contributed by atoms with Crippen molar-refractivity contribution < 1.29 is 32.7 Å². The van der Waals surface area contributed by atoms with Crippen molar-refractivity contribution in [2.24, 2.45) is 5.92 Å². The van der Waals surface area contributed by atoms with Crippen LogP contribution in [0.3, 0.4) is 0 Å². The zero-order valence-electron chi connectivity index (χ0n) is 26.9. The van der Waals surface area contributed by atoms with Crippen LogP contribution in [0.1, 0.15) is 53.0 Å². The van der Waals surface area contributed by atoms with Crippen molar-refractivity contribution in [2.45, 2.75) is 110 Å². The second-order valence-corrected chi connectivity index (χ2v) is 22.8. The molecule has 0 saturated heterocycles. The molecule has 1 aromatic rings. The highest BCUT2D eigenvalue weighted by Gasteiger charge is 2.50. The van der Waals surface area contributed by atoms with E-state index in [2.05, 4.69) is 40.4 Å². The Kier molecular flexibility index (Phi) is 11.5. The number of benzene rings is 1. The fourth-order valence-electron chi connectivity index (χ4n) is 4.89. The highest BCUT2D eigenvalue weighted by molar-refractivity contribution is 6.74. The highest BCUT2D eigenvalue weighted by atomic mass is 28.4. The first-order valence-electron chi connectivity index (χ1n) is 14.3. The molecule has 228 valence electrons. The fraction of sp³-hybridized carbons (Fsp3) is 0.594. The van der Waals surface area contributed by atoms with Crippen LogP contribution in [0.4, 0.5) is 0 Å². The lowest BCUT2D eigenvalue weighted by molar-refractivity contribution is -0.169. The van der Waals surface area contributed by atoms with Gasteiger partial charge in [0.15, 0.2) is 16.6 Å². The minimum atomic E-state index is -2.37. The molecule has 0 radical (unpaired) electrons. The highest BCUT2D eigenvalue weighted by Crippen LogP contribution is 2.44. The zero-order chi connectivity index (χ0) is 31.4. The molecule has 0 fully saturated rings. The molecule has 4 atom stereocenters. The van der Waals surface area contributed by atoms with Crippen LogP contribution >= 0.6 is 0 Å². The Morgan fingerprint density at radius 3 is 2.15 bits per heavy atom. The lowest BCUT2D eigenvalue weighted by Crippen LogP contribution is -2.56. The third-order valence-electron chi connectivity index (χ3n) is 8.22. The summed E-state index contributed by atoms with van der Waals surface area (Å²) in [5.74, 6) is -1.58. The van der Waals surface area contributed by atoms with Gasteiger partial charge in [-0.3, -0.25) is 9.59 Å². The summed E-state index contributed by atoms with van der Waals surface area (Å²) in [5.41, 5.74) is 1.27. The number of Topliss-reactive ketones (excluding diaryl/α,β-unsaturated/α-hetero) is 1. The van der Waals surface area contributed by atoms with Crippen LogP contribution in [0.25, 0.3) is 0 Å². The molecule has 7 nitrogen and oxygen atoms in total. The van der Waals surface area contributed by atoms with Crippen molar-refractivity contribution >= 4 is 34.7 Å². The van der Waals surface area contributed by atoms with Crippen LogP contribution in [-0.2, 0) is 39.3 Å². The standard InChI is InChI=1S/C32H50O7Si2/c1-22(25-19-27(23(2)26(25)20-33)38-41(11,12)31(3,4)5)18-28(37-21-24-16-14-13-15-17-24)29(34)32(6,30(35)36-7)39-40(8,9)10/h13-17,20,25,27-28H,1,18-19,21H2,2-12H3/t25-,27?,28+,32?/m1/s1. The van der Waals surface area contributed by atoms with Crippen LogP contribution in [0.15, 0.2) is 53.6 Å². The zero-order valence-corrected chi connectivity index (χ0v) is 28.9. The van der Waals surface area contributed by atoms with Gasteiger partial charge in [-0.05, 0) is 69.2 Å². The Morgan fingerprint density at radius 1 is 1.07 bits per heavy atom. The van der Waals surface area contributed by atoms with Gasteiger partial charge in [-0.1, -0.05) is 63.3 Å². The molecule has 0 N–H and O–H groups in total. The normalized spacial score (nSPS) is 20.4. The molecule has 2 unspecified atom stereocenters. The third kappa shape index (κ3) is 8.67. The van der Waals surface area contributed by atoms with Crippen LogP contribution in [0, 0.1) is 5.92 Å². The number of allylic oxidation sites excluding steroid dienone is 1. The topological polar surface area (TPSA) is 88.1 Å². The number of carbonyl (C=O) groups is 3. The molecule has 1 aliphatic rings. The number of carbonyl (C=O) groups excluding carboxylic acids is 3. The van der Waals surface area contributed by atoms with Gasteiger partial charge in [0.05, 0.1) is 19.8 Å². The SMILES string of the molecule is C=C(C[C@H](OCc1ccccc1)C(=O)C(C)(O[Si](C)(C)C)C(=O)OC)[C@H]1CC(O[Si](C)(C)C(C)(C)C)C(C)=C1C=O. The number of hydrogen-bond acceptors (Lipinski definition) is 7. The van der Waals surface area contributed by atoms with E-state index in [1.54, 1.807) is 0 Å². The van der Waals surface area contributed by atoms with Crippen molar-refractivity contribution in [2.75, 3.05) is 7.11 Å². The average Bonchev–Trinajstić information content (AvgIpc) is 3.18. The summed E-state index contributed by atoms with van der Waals surface area (Å²) in [6.45, 7) is 24.6. The molecule has 1 aliphatic carbocycles. The molecule has 1 aromatic carbocycles. The monoisotopic (exact) mass is 602 g/mol. The molecular formula is C32H50O7Si2. The minimum Gasteiger partial charge on any atom is -0.467 e. The van der Waals surface area contributed by atoms with Gasteiger partial charge in [0.1, 0.15) is 12.4 Å². The first-order valence-corrected chi connectivity index (χ1v) is 20.6. The van der Waals surface area contributed by atoms with Crippen molar-refractivity contribution in [1.29, 1.82) is 0 Å². The quantitative estimate of drug-likeness (QED) is 0.0761. The van der Waals surface area contributed by atoms with E-state index in [1.165, 1.54) is 14.0 Å². The van der Waals surface area contributed by atoms with Gasteiger partial charge in [0.2, 0.25) is 11.4 Å². The summed E-state index contributed by atoms with van der Waals surface area (Å²) in [6, 6.07) is 9.51. The largest absolute Gasteiger partial charge is 0.467 e. The molecule has 0 bridgehead atoms. The number of methoxy groups -OCH3 is 1. The number of esters is 1. The lowest BCUT2D eigenvalue weighted by Gasteiger charge is -2.39. The molecule has 0 heterocycles. The molecule has 0 aromatic heterocycles. The van der Waals surface area contributed by atoms with Crippen molar-refractivity contribution in [3.63, 3.8) is 0 Å². The minimum absolute atomic E-state index is 0.0151. The summed E-state index contributed by atoms with van der Waals surface area (Å²) in [7, 11) is -3.24. The Labute approximate surface area is 248 Å². The van der Waals surface area contributed by atoms with E-state index in [1.807, 2.05) is 56.9 Å². The lowest BCUT2D eigenvalue weighted by atomic mass is 9.86. The first-order chi connectivity index (χ1) is 18.8. The maximum Gasteiger partial charge on any atom is 0.344 e.